The molecular weight excluding hydrogens is 194 g/mol. The van der Waals surface area contributed by atoms with Crippen molar-refractivity contribution < 1.29 is 14.6 Å². The van der Waals surface area contributed by atoms with Gasteiger partial charge >= 0.3 is 0 Å². The molecule has 0 amide bonds. The maximum atomic E-state index is 10.4. The van der Waals surface area contributed by atoms with Crippen molar-refractivity contribution in [1.82, 2.24) is 0 Å². The molecule has 15 heavy (non-hydrogen) atoms. The summed E-state index contributed by atoms with van der Waals surface area (Å²) in [6.07, 6.45) is 1.11. The van der Waals surface area contributed by atoms with Gasteiger partial charge in [0, 0.05) is 0 Å². The lowest BCUT2D eigenvalue weighted by molar-refractivity contribution is -0.108. The first kappa shape index (κ1) is 11.5. The zero-order chi connectivity index (χ0) is 11.4. The Labute approximate surface area is 88.7 Å². The van der Waals surface area contributed by atoms with Crippen molar-refractivity contribution in [2.45, 2.75) is 19.4 Å². The molecule has 1 aromatic rings. The fourth-order valence-electron chi connectivity index (χ4n) is 1.53. The van der Waals surface area contributed by atoms with Crippen molar-refractivity contribution in [3.8, 4) is 11.5 Å². The lowest BCUT2D eigenvalue weighted by Crippen LogP contribution is -2.24. The van der Waals surface area contributed by atoms with E-state index in [1.807, 2.05) is 13.0 Å². The topological polar surface area (TPSA) is 72.5 Å². The number of carbonyl (C=O) groups is 1. The Morgan fingerprint density at radius 3 is 2.73 bits per heavy atom. The van der Waals surface area contributed by atoms with Gasteiger partial charge in [-0.15, -0.1) is 0 Å². The van der Waals surface area contributed by atoms with E-state index in [4.69, 9.17) is 10.5 Å². The Hall–Kier alpha value is -1.55. The number of hydrogen-bond donors (Lipinski definition) is 2. The summed E-state index contributed by atoms with van der Waals surface area (Å²) in [6, 6.07) is 2.88. The SMILES string of the molecule is COc1c(C)cc(CC(N)C=O)cc1O. The third-order valence-corrected chi connectivity index (χ3v) is 2.17. The van der Waals surface area contributed by atoms with Crippen LogP contribution in [-0.4, -0.2) is 24.5 Å². The van der Waals surface area contributed by atoms with Gasteiger partial charge in [-0.2, -0.15) is 0 Å². The third-order valence-electron chi connectivity index (χ3n) is 2.17. The summed E-state index contributed by atoms with van der Waals surface area (Å²) in [4.78, 5) is 10.4. The number of aldehydes is 1. The number of hydrogen-bond acceptors (Lipinski definition) is 4. The van der Waals surface area contributed by atoms with Gasteiger partial charge in [0.2, 0.25) is 0 Å². The number of carbonyl (C=O) groups excluding carboxylic acids is 1. The number of rotatable bonds is 4. The molecule has 0 aromatic heterocycles. The van der Waals surface area contributed by atoms with Crippen molar-refractivity contribution >= 4 is 6.29 Å². The maximum Gasteiger partial charge on any atom is 0.163 e. The fourth-order valence-corrected chi connectivity index (χ4v) is 1.53. The second-order valence-electron chi connectivity index (χ2n) is 3.47. The van der Waals surface area contributed by atoms with E-state index in [-0.39, 0.29) is 5.75 Å². The molecule has 0 heterocycles. The number of ether oxygens (including phenoxy) is 1. The minimum Gasteiger partial charge on any atom is -0.504 e. The Kier molecular flexibility index (Phi) is 3.68. The zero-order valence-electron chi connectivity index (χ0n) is 8.86. The molecule has 3 N–H and O–H groups in total. The minimum atomic E-state index is -0.530. The molecule has 0 saturated heterocycles. The van der Waals surface area contributed by atoms with Gasteiger partial charge in [0.05, 0.1) is 13.2 Å². The first-order valence-electron chi connectivity index (χ1n) is 4.65. The zero-order valence-corrected chi connectivity index (χ0v) is 8.86. The van der Waals surface area contributed by atoms with Gasteiger partial charge in [0.1, 0.15) is 6.29 Å². The van der Waals surface area contributed by atoms with Crippen LogP contribution in [0.3, 0.4) is 0 Å². The molecule has 1 atom stereocenters. The molecule has 0 bridgehead atoms. The standard InChI is InChI=1S/C11H15NO3/c1-7-3-8(4-9(12)6-13)5-10(14)11(7)15-2/h3,5-6,9,14H,4,12H2,1-2H3. The summed E-state index contributed by atoms with van der Waals surface area (Å²) >= 11 is 0. The molecule has 1 aromatic carbocycles. The molecule has 0 aliphatic rings. The van der Waals surface area contributed by atoms with Crippen LogP contribution in [0.25, 0.3) is 0 Å². The molecular formula is C11H15NO3. The largest absolute Gasteiger partial charge is 0.504 e. The molecule has 0 aliphatic carbocycles. The first-order chi connectivity index (χ1) is 7.08. The van der Waals surface area contributed by atoms with Crippen LogP contribution in [0.5, 0.6) is 11.5 Å². The Bertz CT molecular complexity index is 340. The molecule has 1 unspecified atom stereocenters. The molecule has 82 valence electrons. The van der Waals surface area contributed by atoms with Gasteiger partial charge in [-0.1, -0.05) is 6.07 Å². The van der Waals surface area contributed by atoms with E-state index in [1.165, 1.54) is 7.11 Å². The lowest BCUT2D eigenvalue weighted by Gasteiger charge is -2.10. The van der Waals surface area contributed by atoms with E-state index in [0.717, 1.165) is 11.1 Å². The van der Waals surface area contributed by atoms with E-state index in [9.17, 15) is 9.90 Å². The smallest absolute Gasteiger partial charge is 0.163 e. The summed E-state index contributed by atoms with van der Waals surface area (Å²) < 4.78 is 5.01. The average Bonchev–Trinajstić information content (AvgIpc) is 2.17. The van der Waals surface area contributed by atoms with Crippen LogP contribution in [0.2, 0.25) is 0 Å². The van der Waals surface area contributed by atoms with Crippen molar-refractivity contribution in [2.24, 2.45) is 5.73 Å². The summed E-state index contributed by atoms with van der Waals surface area (Å²) in [7, 11) is 1.50. The number of nitrogens with two attached hydrogens (primary N) is 1. The van der Waals surface area contributed by atoms with Crippen LogP contribution in [-0.2, 0) is 11.2 Å². The fraction of sp³-hybridized carbons (Fsp3) is 0.364. The predicted molar refractivity (Wildman–Crippen MR) is 57.1 cm³/mol. The lowest BCUT2D eigenvalue weighted by atomic mass is 10.0. The van der Waals surface area contributed by atoms with E-state index < -0.39 is 6.04 Å². The van der Waals surface area contributed by atoms with Crippen LogP contribution in [0, 0.1) is 6.92 Å². The van der Waals surface area contributed by atoms with Crippen LogP contribution in [0.15, 0.2) is 12.1 Å². The molecule has 0 aliphatic heterocycles. The highest BCUT2D eigenvalue weighted by Gasteiger charge is 2.09. The van der Waals surface area contributed by atoms with Gasteiger partial charge in [0.25, 0.3) is 0 Å². The second kappa shape index (κ2) is 4.79. The quantitative estimate of drug-likeness (QED) is 0.719. The number of benzene rings is 1. The molecule has 0 spiro atoms. The molecule has 1 rings (SSSR count). The van der Waals surface area contributed by atoms with Gasteiger partial charge in [-0.25, -0.2) is 0 Å². The van der Waals surface area contributed by atoms with Crippen LogP contribution < -0.4 is 10.5 Å². The van der Waals surface area contributed by atoms with E-state index in [1.54, 1.807) is 6.07 Å². The molecule has 0 radical (unpaired) electrons. The minimum absolute atomic E-state index is 0.0746. The number of phenolic OH excluding ortho intramolecular Hbond substituents is 1. The maximum absolute atomic E-state index is 10.4. The molecule has 0 saturated carbocycles. The highest BCUT2D eigenvalue weighted by atomic mass is 16.5. The Morgan fingerprint density at radius 1 is 1.60 bits per heavy atom. The monoisotopic (exact) mass is 209 g/mol. The first-order valence-corrected chi connectivity index (χ1v) is 4.65. The number of aromatic hydroxyl groups is 1. The molecule has 4 nitrogen and oxygen atoms in total. The van der Waals surface area contributed by atoms with Gasteiger partial charge in [-0.05, 0) is 30.5 Å². The van der Waals surface area contributed by atoms with Crippen molar-refractivity contribution in [1.29, 1.82) is 0 Å². The number of aryl methyl sites for hydroxylation is 1. The van der Waals surface area contributed by atoms with Gasteiger partial charge < -0.3 is 20.4 Å². The summed E-state index contributed by atoms with van der Waals surface area (Å²) in [5.74, 6) is 0.532. The van der Waals surface area contributed by atoms with Crippen molar-refractivity contribution in [3.05, 3.63) is 23.3 Å². The average molecular weight is 209 g/mol. The highest BCUT2D eigenvalue weighted by molar-refractivity contribution is 5.58. The summed E-state index contributed by atoms with van der Waals surface area (Å²) in [5.41, 5.74) is 7.14. The number of phenols is 1. The summed E-state index contributed by atoms with van der Waals surface area (Å²) in [5, 5.41) is 9.60. The van der Waals surface area contributed by atoms with Gasteiger partial charge in [-0.3, -0.25) is 0 Å². The summed E-state index contributed by atoms with van der Waals surface area (Å²) in [6.45, 7) is 1.83. The third kappa shape index (κ3) is 2.70. The van der Waals surface area contributed by atoms with E-state index in [0.29, 0.717) is 18.5 Å². The Morgan fingerprint density at radius 2 is 2.27 bits per heavy atom. The van der Waals surface area contributed by atoms with E-state index >= 15 is 0 Å². The highest BCUT2D eigenvalue weighted by Crippen LogP contribution is 2.31. The molecule has 4 heteroatoms. The van der Waals surface area contributed by atoms with Crippen LogP contribution >= 0.6 is 0 Å². The predicted octanol–water partition coefficient (Wildman–Crippen LogP) is 0.778. The van der Waals surface area contributed by atoms with Crippen LogP contribution in [0.4, 0.5) is 0 Å². The van der Waals surface area contributed by atoms with Crippen LogP contribution in [0.1, 0.15) is 11.1 Å². The van der Waals surface area contributed by atoms with E-state index in [2.05, 4.69) is 0 Å². The van der Waals surface area contributed by atoms with Crippen molar-refractivity contribution in [3.63, 3.8) is 0 Å². The van der Waals surface area contributed by atoms with Gasteiger partial charge in [0.15, 0.2) is 11.5 Å². The second-order valence-corrected chi connectivity index (χ2v) is 3.47. The van der Waals surface area contributed by atoms with Crippen molar-refractivity contribution in [2.75, 3.05) is 7.11 Å². The normalized spacial score (nSPS) is 12.2. The number of methoxy groups -OCH3 is 1. The molecule has 0 fully saturated rings. The Balaban J connectivity index is 2.98.